The van der Waals surface area contributed by atoms with E-state index in [0.717, 1.165) is 6.29 Å². The summed E-state index contributed by atoms with van der Waals surface area (Å²) in [5.74, 6) is -0.687. The second-order valence-electron chi connectivity index (χ2n) is 8.40. The molecule has 0 unspecified atom stereocenters. The summed E-state index contributed by atoms with van der Waals surface area (Å²) in [6.07, 6.45) is 1.25. The van der Waals surface area contributed by atoms with Gasteiger partial charge < -0.3 is 4.74 Å². The van der Waals surface area contributed by atoms with Gasteiger partial charge in [-0.15, -0.1) is 0 Å². The lowest BCUT2D eigenvalue weighted by Gasteiger charge is -2.15. The molecule has 0 aromatic heterocycles. The zero-order valence-corrected chi connectivity index (χ0v) is 19.8. The largest absolute Gasteiger partial charge is 0.465 e. The minimum atomic E-state index is -0.374. The van der Waals surface area contributed by atoms with Gasteiger partial charge in [-0.2, -0.15) is 0 Å². The predicted molar refractivity (Wildman–Crippen MR) is 135 cm³/mol. The first kappa shape index (κ1) is 23.1. The molecule has 35 heavy (non-hydrogen) atoms. The van der Waals surface area contributed by atoms with Crippen molar-refractivity contribution in [2.24, 2.45) is 0 Å². The second kappa shape index (κ2) is 10.3. The Bertz CT molecular complexity index is 1350. The normalized spacial score (nSPS) is 12.1. The van der Waals surface area contributed by atoms with Gasteiger partial charge >= 0.3 is 5.97 Å². The number of rotatable bonds is 8. The molecular formula is C30H23FO3S. The second-order valence-corrected chi connectivity index (χ2v) is 9.45. The minimum Gasteiger partial charge on any atom is -0.465 e. The van der Waals surface area contributed by atoms with E-state index < -0.39 is 0 Å². The molecule has 0 aliphatic heterocycles. The van der Waals surface area contributed by atoms with Crippen LogP contribution in [0.4, 0.5) is 4.39 Å². The van der Waals surface area contributed by atoms with Gasteiger partial charge in [0.25, 0.3) is 0 Å². The van der Waals surface area contributed by atoms with E-state index >= 15 is 0 Å². The molecule has 0 N–H and O–H groups in total. The number of halogens is 1. The van der Waals surface area contributed by atoms with Crippen molar-refractivity contribution in [3.63, 3.8) is 0 Å². The summed E-state index contributed by atoms with van der Waals surface area (Å²) in [6, 6.07) is 28.3. The first-order valence-electron chi connectivity index (χ1n) is 11.5. The van der Waals surface area contributed by atoms with Gasteiger partial charge in [-0.05, 0) is 46.4 Å². The molecule has 0 radical (unpaired) electrons. The lowest BCUT2D eigenvalue weighted by molar-refractivity contribution is -0.143. The Kier molecular flexibility index (Phi) is 6.77. The molecule has 1 aliphatic carbocycles. The van der Waals surface area contributed by atoms with Crippen LogP contribution in [0.3, 0.4) is 0 Å². The zero-order valence-electron chi connectivity index (χ0n) is 18.9. The van der Waals surface area contributed by atoms with Crippen LogP contribution in [-0.2, 0) is 16.0 Å². The molecule has 0 amide bonds. The van der Waals surface area contributed by atoms with Crippen LogP contribution in [0.25, 0.3) is 11.1 Å². The van der Waals surface area contributed by atoms with Gasteiger partial charge in [0.15, 0.2) is 6.29 Å². The van der Waals surface area contributed by atoms with Crippen LogP contribution in [0.5, 0.6) is 0 Å². The van der Waals surface area contributed by atoms with Crippen molar-refractivity contribution < 1.29 is 18.7 Å². The fraction of sp³-hybridized carbons (Fsp3) is 0.133. The molecule has 0 saturated carbocycles. The molecule has 1 aliphatic rings. The third kappa shape index (κ3) is 4.77. The van der Waals surface area contributed by atoms with E-state index in [9.17, 15) is 14.0 Å². The van der Waals surface area contributed by atoms with Crippen LogP contribution in [0, 0.1) is 5.82 Å². The van der Waals surface area contributed by atoms with E-state index in [1.807, 2.05) is 36.4 Å². The van der Waals surface area contributed by atoms with Crippen molar-refractivity contribution >= 4 is 24.0 Å². The fourth-order valence-corrected chi connectivity index (χ4v) is 5.64. The molecule has 3 nitrogen and oxygen atoms in total. The van der Waals surface area contributed by atoms with Gasteiger partial charge in [0.1, 0.15) is 12.4 Å². The van der Waals surface area contributed by atoms with E-state index in [1.165, 1.54) is 40.1 Å². The molecule has 0 heterocycles. The van der Waals surface area contributed by atoms with Crippen molar-refractivity contribution in [2.75, 3.05) is 6.61 Å². The highest BCUT2D eigenvalue weighted by Gasteiger charge is 2.29. The molecule has 0 bridgehead atoms. The number of benzene rings is 4. The van der Waals surface area contributed by atoms with Gasteiger partial charge in [-0.3, -0.25) is 9.59 Å². The monoisotopic (exact) mass is 482 g/mol. The van der Waals surface area contributed by atoms with Crippen molar-refractivity contribution in [1.82, 2.24) is 0 Å². The Hall–Kier alpha value is -3.70. The minimum absolute atomic E-state index is 0.00600. The van der Waals surface area contributed by atoms with Crippen molar-refractivity contribution in [3.8, 4) is 11.1 Å². The van der Waals surface area contributed by atoms with Gasteiger partial charge in [-0.25, -0.2) is 4.39 Å². The summed E-state index contributed by atoms with van der Waals surface area (Å²) < 4.78 is 20.4. The maximum Gasteiger partial charge on any atom is 0.306 e. The average Bonchev–Trinajstić information content (AvgIpc) is 3.21. The Morgan fingerprint density at radius 3 is 2.23 bits per heavy atom. The van der Waals surface area contributed by atoms with Crippen LogP contribution in [0.2, 0.25) is 0 Å². The summed E-state index contributed by atoms with van der Waals surface area (Å²) in [6.45, 7) is 0.268. The van der Waals surface area contributed by atoms with E-state index in [4.69, 9.17) is 4.74 Å². The van der Waals surface area contributed by atoms with Gasteiger partial charge in [0, 0.05) is 22.8 Å². The first-order valence-corrected chi connectivity index (χ1v) is 12.3. The highest BCUT2D eigenvalue weighted by molar-refractivity contribution is 7.99. The quantitative estimate of drug-likeness (QED) is 0.199. The summed E-state index contributed by atoms with van der Waals surface area (Å²) in [7, 11) is 0. The molecule has 0 saturated heterocycles. The summed E-state index contributed by atoms with van der Waals surface area (Å²) >= 11 is 1.20. The molecule has 0 atom stereocenters. The Labute approximate surface area is 208 Å². The maximum absolute atomic E-state index is 14.7. The SMILES string of the molecule is O=Cc1ccccc1Sc1c(F)cccc1CCC(=O)OCC1c2ccccc2-c2ccccc21. The van der Waals surface area contributed by atoms with Crippen LogP contribution >= 0.6 is 11.8 Å². The number of fused-ring (bicyclic) bond motifs is 3. The van der Waals surface area contributed by atoms with Gasteiger partial charge in [0.2, 0.25) is 0 Å². The Morgan fingerprint density at radius 1 is 0.857 bits per heavy atom. The molecule has 0 fully saturated rings. The van der Waals surface area contributed by atoms with Crippen LogP contribution < -0.4 is 0 Å². The smallest absolute Gasteiger partial charge is 0.306 e. The number of hydrogen-bond acceptors (Lipinski definition) is 4. The number of ether oxygens (including phenoxy) is 1. The van der Waals surface area contributed by atoms with Crippen LogP contribution in [-0.4, -0.2) is 18.9 Å². The number of carbonyl (C=O) groups excluding carboxylic acids is 2. The van der Waals surface area contributed by atoms with Gasteiger partial charge in [0.05, 0.1) is 4.90 Å². The number of carbonyl (C=O) groups is 2. The first-order chi connectivity index (χ1) is 17.2. The predicted octanol–water partition coefficient (Wildman–Crippen LogP) is 7.08. The van der Waals surface area contributed by atoms with Gasteiger partial charge in [-0.1, -0.05) is 90.6 Å². The third-order valence-corrected chi connectivity index (χ3v) is 7.53. The highest BCUT2D eigenvalue weighted by Crippen LogP contribution is 2.44. The Morgan fingerprint density at radius 2 is 1.51 bits per heavy atom. The molecule has 0 spiro atoms. The molecule has 5 rings (SSSR count). The lowest BCUT2D eigenvalue weighted by atomic mass is 9.98. The third-order valence-electron chi connectivity index (χ3n) is 6.28. The molecule has 4 aromatic rings. The molecule has 174 valence electrons. The van der Waals surface area contributed by atoms with E-state index in [1.54, 1.807) is 24.3 Å². The molecule has 4 aromatic carbocycles. The summed E-state index contributed by atoms with van der Waals surface area (Å²) in [5.41, 5.74) is 5.91. The zero-order chi connectivity index (χ0) is 24.2. The van der Waals surface area contributed by atoms with Crippen molar-refractivity contribution in [2.45, 2.75) is 28.6 Å². The lowest BCUT2D eigenvalue weighted by Crippen LogP contribution is -2.13. The highest BCUT2D eigenvalue weighted by atomic mass is 32.2. The van der Waals surface area contributed by atoms with E-state index in [0.29, 0.717) is 27.3 Å². The maximum atomic E-state index is 14.7. The summed E-state index contributed by atoms with van der Waals surface area (Å²) in [4.78, 5) is 25.2. The average molecular weight is 483 g/mol. The molecular weight excluding hydrogens is 459 g/mol. The van der Waals surface area contributed by atoms with Crippen molar-refractivity contribution in [3.05, 3.63) is 119 Å². The van der Waals surface area contributed by atoms with E-state index in [-0.39, 0.29) is 30.7 Å². The van der Waals surface area contributed by atoms with E-state index in [2.05, 4.69) is 24.3 Å². The molecule has 5 heteroatoms. The number of hydrogen-bond donors (Lipinski definition) is 0. The number of aryl methyl sites for hydroxylation is 1. The van der Waals surface area contributed by atoms with Crippen LogP contribution in [0.1, 0.15) is 39.4 Å². The van der Waals surface area contributed by atoms with Crippen molar-refractivity contribution in [1.29, 1.82) is 0 Å². The Balaban J connectivity index is 1.26. The fourth-order valence-electron chi connectivity index (χ4n) is 4.57. The number of esters is 1. The number of aldehydes is 1. The standard InChI is InChI=1S/C30H23FO3S/c31-27-14-7-9-20(30(27)35-28-15-6-1-8-21(28)18-32)16-17-29(33)34-19-26-24-12-4-2-10-22(24)23-11-3-5-13-25(23)26/h1-15,18,26H,16-17,19H2. The summed E-state index contributed by atoms with van der Waals surface area (Å²) in [5, 5.41) is 0. The van der Waals surface area contributed by atoms with Crippen LogP contribution in [0.15, 0.2) is 101 Å². The topological polar surface area (TPSA) is 43.4 Å².